The molecule has 1 N–H and O–H groups in total. The van der Waals surface area contributed by atoms with E-state index in [4.69, 9.17) is 28.4 Å². The van der Waals surface area contributed by atoms with Crippen LogP contribution in [0.4, 0.5) is 0 Å². The molecule has 1 aromatic heterocycles. The second kappa shape index (κ2) is 9.22. The zero-order valence-corrected chi connectivity index (χ0v) is 19.3. The number of pyridine rings is 1. The smallest absolute Gasteiger partial charge is 0.343 e. The molecule has 0 atom stereocenters. The number of carbonyl (C=O) groups is 1. The maximum absolute atomic E-state index is 13.6. The lowest BCUT2D eigenvalue weighted by atomic mass is 10.1. The number of carbonyl (C=O) groups excluding carboxylic acids is 1. The maximum atomic E-state index is 13.6. The van der Waals surface area contributed by atoms with Gasteiger partial charge in [-0.15, -0.1) is 0 Å². The molecule has 4 aromatic rings. The zero-order chi connectivity index (χ0) is 24.4. The van der Waals surface area contributed by atoms with Crippen molar-refractivity contribution in [1.29, 1.82) is 0 Å². The summed E-state index contributed by atoms with van der Waals surface area (Å²) in [6.07, 6.45) is 0. The molecule has 9 nitrogen and oxygen atoms in total. The van der Waals surface area contributed by atoms with Crippen LogP contribution in [0.25, 0.3) is 21.8 Å². The molecule has 176 valence electrons. The van der Waals surface area contributed by atoms with Gasteiger partial charge in [0.25, 0.3) is 0 Å². The molecule has 0 aliphatic heterocycles. The Kier molecular flexibility index (Phi) is 6.18. The Bertz CT molecular complexity index is 1440. The molecule has 0 saturated carbocycles. The molecule has 0 unspecified atom stereocenters. The molecule has 0 bridgehead atoms. The second-order valence-electron chi connectivity index (χ2n) is 7.11. The molecule has 0 amide bonds. The van der Waals surface area contributed by atoms with Crippen LogP contribution in [0.2, 0.25) is 0 Å². The highest BCUT2D eigenvalue weighted by Crippen LogP contribution is 2.50. The summed E-state index contributed by atoms with van der Waals surface area (Å²) in [5.41, 5.74) is 0.629. The van der Waals surface area contributed by atoms with Crippen LogP contribution >= 0.6 is 0 Å². The van der Waals surface area contributed by atoms with Crippen LogP contribution in [0.1, 0.15) is 10.4 Å². The van der Waals surface area contributed by atoms with Crippen molar-refractivity contribution in [3.05, 3.63) is 58.3 Å². The number of hydrogen-bond donors (Lipinski definition) is 1. The van der Waals surface area contributed by atoms with Gasteiger partial charge in [-0.3, -0.25) is 4.79 Å². The Morgan fingerprint density at radius 2 is 1.26 bits per heavy atom. The van der Waals surface area contributed by atoms with Crippen LogP contribution in [-0.4, -0.2) is 46.5 Å². The summed E-state index contributed by atoms with van der Waals surface area (Å²) in [5.74, 6) is 0.656. The van der Waals surface area contributed by atoms with Crippen molar-refractivity contribution in [3.8, 4) is 34.5 Å². The fourth-order valence-corrected chi connectivity index (χ4v) is 3.91. The summed E-state index contributed by atoms with van der Waals surface area (Å²) in [4.78, 5) is 29.4. The number of rotatable bonds is 7. The number of fused-ring (bicyclic) bond motifs is 2. The van der Waals surface area contributed by atoms with Gasteiger partial charge in [0, 0.05) is 0 Å². The summed E-state index contributed by atoms with van der Waals surface area (Å²) in [7, 11) is 7.19. The number of aromatic amines is 1. The van der Waals surface area contributed by atoms with Gasteiger partial charge in [0.15, 0.2) is 23.0 Å². The minimum Gasteiger partial charge on any atom is -0.492 e. The lowest BCUT2D eigenvalue weighted by molar-refractivity contribution is 0.0730. The van der Waals surface area contributed by atoms with Crippen LogP contribution < -0.4 is 33.8 Å². The van der Waals surface area contributed by atoms with Crippen LogP contribution in [-0.2, 0) is 0 Å². The topological polar surface area (TPSA) is 105 Å². The fraction of sp³-hybridized carbons (Fsp3) is 0.200. The first-order chi connectivity index (χ1) is 16.5. The molecular formula is C25H23NO8. The average Bonchev–Trinajstić information content (AvgIpc) is 2.87. The van der Waals surface area contributed by atoms with E-state index >= 15 is 0 Å². The largest absolute Gasteiger partial charge is 0.492 e. The third-order valence-corrected chi connectivity index (χ3v) is 5.40. The van der Waals surface area contributed by atoms with Gasteiger partial charge < -0.3 is 33.4 Å². The Labute approximate surface area is 194 Å². The summed E-state index contributed by atoms with van der Waals surface area (Å²) in [6.45, 7) is 0. The monoisotopic (exact) mass is 465 g/mol. The van der Waals surface area contributed by atoms with Gasteiger partial charge in [-0.25, -0.2) is 4.79 Å². The second-order valence-corrected chi connectivity index (χ2v) is 7.11. The first-order valence-corrected chi connectivity index (χ1v) is 10.2. The highest BCUT2D eigenvalue weighted by Gasteiger charge is 2.27. The third kappa shape index (κ3) is 3.51. The van der Waals surface area contributed by atoms with Gasteiger partial charge in [-0.05, 0) is 24.3 Å². The van der Waals surface area contributed by atoms with Crippen molar-refractivity contribution in [2.75, 3.05) is 35.5 Å². The van der Waals surface area contributed by atoms with Gasteiger partial charge in [0.05, 0.1) is 57.4 Å². The van der Waals surface area contributed by atoms with Gasteiger partial charge in [-0.2, -0.15) is 0 Å². The quantitative estimate of drug-likeness (QED) is 0.249. The van der Waals surface area contributed by atoms with Crippen molar-refractivity contribution in [3.63, 3.8) is 0 Å². The number of hydrogen-bond acceptors (Lipinski definition) is 8. The Morgan fingerprint density at radius 3 is 1.85 bits per heavy atom. The SMILES string of the molecule is COc1c(OC)c(OC)c2c(=O)c3ccc(OC(=O)c4ccccc4)c(OC)c3[nH]c2c1OC. The Morgan fingerprint density at radius 1 is 0.676 bits per heavy atom. The third-order valence-electron chi connectivity index (χ3n) is 5.40. The molecule has 1 heterocycles. The number of ether oxygens (including phenoxy) is 6. The van der Waals surface area contributed by atoms with Crippen molar-refractivity contribution < 1.29 is 33.2 Å². The highest BCUT2D eigenvalue weighted by molar-refractivity contribution is 6.04. The normalized spacial score (nSPS) is 10.7. The summed E-state index contributed by atoms with van der Waals surface area (Å²) < 4.78 is 33.2. The number of aromatic nitrogens is 1. The van der Waals surface area contributed by atoms with E-state index in [9.17, 15) is 9.59 Å². The standard InChI is InChI=1S/C25H23NO8/c1-29-20-15(34-25(28)13-9-7-6-8-10-13)12-11-14-17(20)26-18-16(19(14)27)21(30-2)23(32-4)24(33-5)22(18)31-3/h6-12H,1-5H3,(H,26,27). The van der Waals surface area contributed by atoms with E-state index in [-0.39, 0.29) is 50.7 Å². The minimum absolute atomic E-state index is 0.144. The van der Waals surface area contributed by atoms with Crippen molar-refractivity contribution >= 4 is 27.8 Å². The van der Waals surface area contributed by atoms with E-state index < -0.39 is 5.97 Å². The molecule has 0 aliphatic rings. The van der Waals surface area contributed by atoms with E-state index in [1.165, 1.54) is 41.6 Å². The molecule has 0 radical (unpaired) electrons. The number of esters is 1. The molecule has 4 rings (SSSR count). The van der Waals surface area contributed by atoms with Crippen LogP contribution in [0.3, 0.4) is 0 Å². The number of benzene rings is 3. The van der Waals surface area contributed by atoms with E-state index in [0.29, 0.717) is 16.6 Å². The molecule has 9 heteroatoms. The maximum Gasteiger partial charge on any atom is 0.343 e. The summed E-state index contributed by atoms with van der Waals surface area (Å²) in [6, 6.07) is 11.6. The Balaban J connectivity index is 2.03. The molecule has 0 spiro atoms. The van der Waals surface area contributed by atoms with Crippen molar-refractivity contribution in [2.24, 2.45) is 0 Å². The van der Waals surface area contributed by atoms with Gasteiger partial charge in [-0.1, -0.05) is 18.2 Å². The number of H-pyrrole nitrogens is 1. The molecule has 0 saturated heterocycles. The summed E-state index contributed by atoms with van der Waals surface area (Å²) in [5, 5.41) is 0.497. The lowest BCUT2D eigenvalue weighted by Gasteiger charge is -2.19. The van der Waals surface area contributed by atoms with Crippen molar-refractivity contribution in [1.82, 2.24) is 4.98 Å². The predicted molar refractivity (Wildman–Crippen MR) is 126 cm³/mol. The predicted octanol–water partition coefficient (Wildman–Crippen LogP) is 3.94. The van der Waals surface area contributed by atoms with Gasteiger partial charge in [0.2, 0.25) is 16.9 Å². The fourth-order valence-electron chi connectivity index (χ4n) is 3.91. The zero-order valence-electron chi connectivity index (χ0n) is 19.3. The Hall–Kier alpha value is -4.40. The number of nitrogens with one attached hydrogen (secondary N) is 1. The van der Waals surface area contributed by atoms with E-state index in [1.807, 2.05) is 0 Å². The lowest BCUT2D eigenvalue weighted by Crippen LogP contribution is -2.12. The van der Waals surface area contributed by atoms with Crippen molar-refractivity contribution in [2.45, 2.75) is 0 Å². The molecule has 3 aromatic carbocycles. The first kappa shape index (κ1) is 22.8. The first-order valence-electron chi connectivity index (χ1n) is 10.2. The van der Waals surface area contributed by atoms with E-state index in [0.717, 1.165) is 0 Å². The molecule has 0 fully saturated rings. The average molecular weight is 465 g/mol. The van der Waals surface area contributed by atoms with Crippen LogP contribution in [0.5, 0.6) is 34.5 Å². The van der Waals surface area contributed by atoms with Crippen LogP contribution in [0, 0.1) is 0 Å². The number of methoxy groups -OCH3 is 5. The minimum atomic E-state index is -0.563. The van der Waals surface area contributed by atoms with Gasteiger partial charge >= 0.3 is 5.97 Å². The molecule has 34 heavy (non-hydrogen) atoms. The highest BCUT2D eigenvalue weighted by atomic mass is 16.6. The summed E-state index contributed by atoms with van der Waals surface area (Å²) >= 11 is 0. The molecular weight excluding hydrogens is 442 g/mol. The van der Waals surface area contributed by atoms with E-state index in [1.54, 1.807) is 36.4 Å². The molecule has 0 aliphatic carbocycles. The van der Waals surface area contributed by atoms with Gasteiger partial charge in [0.1, 0.15) is 5.52 Å². The van der Waals surface area contributed by atoms with E-state index in [2.05, 4.69) is 4.98 Å². The van der Waals surface area contributed by atoms with Crippen LogP contribution in [0.15, 0.2) is 47.3 Å².